The molecule has 3 rings (SSSR count). The number of benzene rings is 3. The van der Waals surface area contributed by atoms with E-state index in [9.17, 15) is 0 Å². The fraction of sp³-hybridized carbons (Fsp3) is 0.143. The van der Waals surface area contributed by atoms with Crippen LogP contribution in [-0.2, 0) is 0 Å². The van der Waals surface area contributed by atoms with Crippen molar-refractivity contribution in [3.05, 3.63) is 72.3 Å². The fourth-order valence-electron chi connectivity index (χ4n) is 2.69. The predicted octanol–water partition coefficient (Wildman–Crippen LogP) is 5.35. The first-order chi connectivity index (χ1) is 11.2. The molecule has 0 saturated heterocycles. The molecule has 0 aromatic heterocycles. The number of hydrogen-bond acceptors (Lipinski definition) is 2. The summed E-state index contributed by atoms with van der Waals surface area (Å²) in [4.78, 5) is 0. The summed E-state index contributed by atoms with van der Waals surface area (Å²) >= 11 is 0. The number of methoxy groups -OCH3 is 2. The first-order valence-electron chi connectivity index (χ1n) is 7.61. The summed E-state index contributed by atoms with van der Waals surface area (Å²) in [5, 5.41) is 0. The lowest BCUT2D eigenvalue weighted by Gasteiger charge is -2.12. The SMILES string of the molecule is COc1ccc(-c2ccc(C)cc2-c2ccc(OC)cc2)cc1. The molecule has 3 aromatic rings. The molecule has 0 bridgehead atoms. The zero-order valence-corrected chi connectivity index (χ0v) is 13.7. The minimum atomic E-state index is 0.867. The number of ether oxygens (including phenoxy) is 2. The van der Waals surface area contributed by atoms with E-state index in [2.05, 4.69) is 49.4 Å². The molecular weight excluding hydrogens is 284 g/mol. The highest BCUT2D eigenvalue weighted by Crippen LogP contribution is 2.34. The molecule has 0 aliphatic heterocycles. The van der Waals surface area contributed by atoms with Crippen molar-refractivity contribution < 1.29 is 9.47 Å². The van der Waals surface area contributed by atoms with Crippen molar-refractivity contribution in [3.63, 3.8) is 0 Å². The second-order valence-corrected chi connectivity index (χ2v) is 5.51. The predicted molar refractivity (Wildman–Crippen MR) is 95.2 cm³/mol. The molecule has 2 heteroatoms. The quantitative estimate of drug-likeness (QED) is 0.647. The molecule has 3 aromatic carbocycles. The van der Waals surface area contributed by atoms with E-state index < -0.39 is 0 Å². The summed E-state index contributed by atoms with van der Waals surface area (Å²) in [7, 11) is 3.37. The summed E-state index contributed by atoms with van der Waals surface area (Å²) in [5.41, 5.74) is 6.03. The molecule has 0 atom stereocenters. The number of rotatable bonds is 4. The number of aryl methyl sites for hydroxylation is 1. The van der Waals surface area contributed by atoms with Gasteiger partial charge in [0.25, 0.3) is 0 Å². The van der Waals surface area contributed by atoms with Crippen LogP contribution in [0.2, 0.25) is 0 Å². The van der Waals surface area contributed by atoms with Crippen molar-refractivity contribution in [2.45, 2.75) is 6.92 Å². The Morgan fingerprint density at radius 2 is 1.04 bits per heavy atom. The van der Waals surface area contributed by atoms with Crippen LogP contribution in [0, 0.1) is 6.92 Å². The van der Waals surface area contributed by atoms with Crippen molar-refractivity contribution in [2.75, 3.05) is 14.2 Å². The van der Waals surface area contributed by atoms with E-state index in [1.807, 2.05) is 24.3 Å². The van der Waals surface area contributed by atoms with Crippen molar-refractivity contribution >= 4 is 0 Å². The van der Waals surface area contributed by atoms with E-state index in [-0.39, 0.29) is 0 Å². The van der Waals surface area contributed by atoms with Gasteiger partial charge in [-0.15, -0.1) is 0 Å². The molecule has 2 nitrogen and oxygen atoms in total. The van der Waals surface area contributed by atoms with Crippen LogP contribution >= 0.6 is 0 Å². The standard InChI is InChI=1S/C21H20O2/c1-15-4-13-20(16-5-9-18(22-2)10-6-16)21(14-15)17-7-11-19(23-3)12-8-17/h4-14H,1-3H3. The maximum Gasteiger partial charge on any atom is 0.118 e. The molecule has 0 saturated carbocycles. The van der Waals surface area contributed by atoms with E-state index in [0.717, 1.165) is 11.5 Å². The average Bonchev–Trinajstić information content (AvgIpc) is 2.62. The third kappa shape index (κ3) is 3.21. The molecular formula is C21H20O2. The van der Waals surface area contributed by atoms with E-state index in [1.54, 1.807) is 14.2 Å². The molecule has 116 valence electrons. The maximum atomic E-state index is 5.26. The number of hydrogen-bond donors (Lipinski definition) is 0. The summed E-state index contributed by atoms with van der Waals surface area (Å²) in [5.74, 6) is 1.74. The van der Waals surface area contributed by atoms with Crippen LogP contribution in [0.15, 0.2) is 66.7 Å². The van der Waals surface area contributed by atoms with Crippen LogP contribution < -0.4 is 9.47 Å². The van der Waals surface area contributed by atoms with Gasteiger partial charge in [-0.05, 0) is 53.4 Å². The second-order valence-electron chi connectivity index (χ2n) is 5.51. The molecule has 0 spiro atoms. The van der Waals surface area contributed by atoms with Crippen molar-refractivity contribution in [1.82, 2.24) is 0 Å². The van der Waals surface area contributed by atoms with Gasteiger partial charge in [-0.1, -0.05) is 48.0 Å². The third-order valence-corrected chi connectivity index (χ3v) is 3.98. The Labute approximate surface area is 137 Å². The molecule has 0 heterocycles. The Hall–Kier alpha value is -2.74. The van der Waals surface area contributed by atoms with E-state index in [0.29, 0.717) is 0 Å². The van der Waals surface area contributed by atoms with Gasteiger partial charge in [0.05, 0.1) is 14.2 Å². The largest absolute Gasteiger partial charge is 0.497 e. The van der Waals surface area contributed by atoms with Crippen LogP contribution in [0.4, 0.5) is 0 Å². The van der Waals surface area contributed by atoms with Crippen LogP contribution in [-0.4, -0.2) is 14.2 Å². The lowest BCUT2D eigenvalue weighted by molar-refractivity contribution is 0.414. The van der Waals surface area contributed by atoms with Crippen LogP contribution in [0.5, 0.6) is 11.5 Å². The van der Waals surface area contributed by atoms with E-state index in [1.165, 1.54) is 27.8 Å². The van der Waals surface area contributed by atoms with Gasteiger partial charge < -0.3 is 9.47 Å². The molecule has 0 N–H and O–H groups in total. The topological polar surface area (TPSA) is 18.5 Å². The highest BCUT2D eigenvalue weighted by Gasteiger charge is 2.08. The summed E-state index contributed by atoms with van der Waals surface area (Å²) < 4.78 is 10.5. The van der Waals surface area contributed by atoms with Gasteiger partial charge in [0, 0.05) is 0 Å². The lowest BCUT2D eigenvalue weighted by Crippen LogP contribution is -1.88. The molecule has 0 aliphatic carbocycles. The highest BCUT2D eigenvalue weighted by molar-refractivity contribution is 5.84. The summed E-state index contributed by atoms with van der Waals surface area (Å²) in [6.45, 7) is 2.12. The van der Waals surface area contributed by atoms with Gasteiger partial charge in [0.1, 0.15) is 11.5 Å². The monoisotopic (exact) mass is 304 g/mol. The summed E-state index contributed by atoms with van der Waals surface area (Å²) in [6, 6.07) is 22.9. The van der Waals surface area contributed by atoms with Crippen LogP contribution in [0.25, 0.3) is 22.3 Å². The minimum absolute atomic E-state index is 0.867. The molecule has 23 heavy (non-hydrogen) atoms. The van der Waals surface area contributed by atoms with E-state index >= 15 is 0 Å². The molecule has 0 aliphatic rings. The van der Waals surface area contributed by atoms with E-state index in [4.69, 9.17) is 9.47 Å². The first-order valence-corrected chi connectivity index (χ1v) is 7.61. The highest BCUT2D eigenvalue weighted by atomic mass is 16.5. The first kappa shape index (κ1) is 15.2. The zero-order valence-electron chi connectivity index (χ0n) is 13.7. The van der Waals surface area contributed by atoms with Crippen molar-refractivity contribution in [3.8, 4) is 33.8 Å². The van der Waals surface area contributed by atoms with Crippen molar-refractivity contribution in [1.29, 1.82) is 0 Å². The molecule has 0 amide bonds. The van der Waals surface area contributed by atoms with Crippen LogP contribution in [0.3, 0.4) is 0 Å². The van der Waals surface area contributed by atoms with Gasteiger partial charge in [0.15, 0.2) is 0 Å². The third-order valence-electron chi connectivity index (χ3n) is 3.98. The van der Waals surface area contributed by atoms with Gasteiger partial charge >= 0.3 is 0 Å². The van der Waals surface area contributed by atoms with Crippen LogP contribution in [0.1, 0.15) is 5.56 Å². The molecule has 0 unspecified atom stereocenters. The summed E-state index contributed by atoms with van der Waals surface area (Å²) in [6.07, 6.45) is 0. The van der Waals surface area contributed by atoms with Gasteiger partial charge in [-0.25, -0.2) is 0 Å². The molecule has 0 fully saturated rings. The Morgan fingerprint density at radius 1 is 0.565 bits per heavy atom. The average molecular weight is 304 g/mol. The lowest BCUT2D eigenvalue weighted by atomic mass is 9.93. The fourth-order valence-corrected chi connectivity index (χ4v) is 2.69. The Kier molecular flexibility index (Phi) is 4.33. The maximum absolute atomic E-state index is 5.26. The second kappa shape index (κ2) is 6.57. The Balaban J connectivity index is 2.09. The normalized spacial score (nSPS) is 10.4. The van der Waals surface area contributed by atoms with Crippen molar-refractivity contribution in [2.24, 2.45) is 0 Å². The molecule has 0 radical (unpaired) electrons. The van der Waals surface area contributed by atoms with Gasteiger partial charge in [-0.2, -0.15) is 0 Å². The zero-order chi connectivity index (χ0) is 16.2. The van der Waals surface area contributed by atoms with Gasteiger partial charge in [-0.3, -0.25) is 0 Å². The van der Waals surface area contributed by atoms with Gasteiger partial charge in [0.2, 0.25) is 0 Å². The smallest absolute Gasteiger partial charge is 0.118 e. The minimum Gasteiger partial charge on any atom is -0.497 e. The Bertz CT molecular complexity index is 787. The Morgan fingerprint density at radius 3 is 1.52 bits per heavy atom.